The number of ether oxygens (including phenoxy) is 1. The van der Waals surface area contributed by atoms with Crippen LogP contribution in [-0.2, 0) is 0 Å². The summed E-state index contributed by atoms with van der Waals surface area (Å²) < 4.78 is 32.0. The molecule has 0 aliphatic heterocycles. The van der Waals surface area contributed by atoms with Crippen molar-refractivity contribution in [3.05, 3.63) is 69.8 Å². The molecule has 0 radical (unpaired) electrons. The Morgan fingerprint density at radius 1 is 1.18 bits per heavy atom. The summed E-state index contributed by atoms with van der Waals surface area (Å²) in [6.07, 6.45) is -1.21. The zero-order chi connectivity index (χ0) is 16.3. The van der Waals surface area contributed by atoms with Gasteiger partial charge in [-0.05, 0) is 13.0 Å². The first-order valence-electron chi connectivity index (χ1n) is 6.30. The number of halogens is 2. The van der Waals surface area contributed by atoms with Crippen molar-refractivity contribution in [2.75, 3.05) is 0 Å². The summed E-state index contributed by atoms with van der Waals surface area (Å²) in [6, 6.07) is 9.43. The Bertz CT molecular complexity index is 719. The maximum atomic E-state index is 13.7. The second-order valence-corrected chi connectivity index (χ2v) is 4.46. The van der Waals surface area contributed by atoms with E-state index in [4.69, 9.17) is 4.74 Å². The lowest BCUT2D eigenvalue weighted by molar-refractivity contribution is -0.386. The fraction of sp³-hybridized carbons (Fsp3) is 0.133. The number of nitro groups is 1. The van der Waals surface area contributed by atoms with Gasteiger partial charge in [-0.1, -0.05) is 30.3 Å². The van der Waals surface area contributed by atoms with E-state index in [0.29, 0.717) is 11.6 Å². The maximum absolute atomic E-state index is 13.7. The van der Waals surface area contributed by atoms with Crippen LogP contribution in [0.4, 0.5) is 14.5 Å². The maximum Gasteiger partial charge on any atom is 0.314 e. The highest BCUT2D eigenvalue weighted by Gasteiger charge is 2.27. The average Bonchev–Trinajstić information content (AvgIpc) is 2.51. The predicted octanol–water partition coefficient (Wildman–Crippen LogP) is 3.52. The first-order chi connectivity index (χ1) is 10.4. The monoisotopic (exact) mass is 307 g/mol. The molecule has 1 unspecified atom stereocenters. The predicted molar refractivity (Wildman–Crippen MR) is 73.9 cm³/mol. The molecule has 22 heavy (non-hydrogen) atoms. The molecule has 0 N–H and O–H groups in total. The first kappa shape index (κ1) is 15.6. The second-order valence-electron chi connectivity index (χ2n) is 4.46. The molecule has 0 fully saturated rings. The molecule has 5 nitrogen and oxygen atoms in total. The summed E-state index contributed by atoms with van der Waals surface area (Å²) in [5.41, 5.74) is -0.443. The van der Waals surface area contributed by atoms with Crippen LogP contribution in [0.25, 0.3) is 0 Å². The van der Waals surface area contributed by atoms with Gasteiger partial charge in [-0.3, -0.25) is 14.9 Å². The van der Waals surface area contributed by atoms with Gasteiger partial charge in [0.1, 0.15) is 0 Å². The van der Waals surface area contributed by atoms with Crippen LogP contribution in [0.3, 0.4) is 0 Å². The minimum absolute atomic E-state index is 0.300. The highest BCUT2D eigenvalue weighted by molar-refractivity contribution is 5.99. The molecule has 7 heteroatoms. The molecule has 114 valence electrons. The molecule has 0 spiro atoms. The minimum atomic E-state index is -1.50. The lowest BCUT2D eigenvalue weighted by Crippen LogP contribution is -2.24. The summed E-state index contributed by atoms with van der Waals surface area (Å²) in [6.45, 7) is 1.31. The number of rotatable bonds is 5. The quantitative estimate of drug-likeness (QED) is 0.481. The number of nitrogens with zero attached hydrogens (tertiary/aromatic N) is 1. The summed E-state index contributed by atoms with van der Waals surface area (Å²) in [5.74, 6) is -4.18. The third-order valence-corrected chi connectivity index (χ3v) is 2.95. The van der Waals surface area contributed by atoms with E-state index >= 15 is 0 Å². The van der Waals surface area contributed by atoms with Crippen molar-refractivity contribution >= 4 is 11.5 Å². The summed E-state index contributed by atoms with van der Waals surface area (Å²) >= 11 is 0. The van der Waals surface area contributed by atoms with Gasteiger partial charge in [0.15, 0.2) is 11.9 Å². The van der Waals surface area contributed by atoms with Crippen molar-refractivity contribution in [3.8, 4) is 5.75 Å². The highest BCUT2D eigenvalue weighted by Crippen LogP contribution is 2.32. The van der Waals surface area contributed by atoms with Crippen LogP contribution in [0.15, 0.2) is 42.5 Å². The van der Waals surface area contributed by atoms with Gasteiger partial charge in [-0.2, -0.15) is 4.39 Å². The molecule has 1 atom stereocenters. The number of nitro benzene ring substituents is 1. The minimum Gasteiger partial charge on any atom is -0.473 e. The van der Waals surface area contributed by atoms with Crippen molar-refractivity contribution in [3.63, 3.8) is 0 Å². The van der Waals surface area contributed by atoms with Crippen molar-refractivity contribution < 1.29 is 23.2 Å². The zero-order valence-corrected chi connectivity index (χ0v) is 11.5. The number of Topliss-reactive ketones (excluding diaryl/α,β-unsaturated/α-hetero) is 1. The molecule has 2 aromatic rings. The highest BCUT2D eigenvalue weighted by atomic mass is 19.2. The third kappa shape index (κ3) is 3.08. The molecule has 0 aliphatic carbocycles. The van der Waals surface area contributed by atoms with Gasteiger partial charge in [-0.15, -0.1) is 0 Å². The van der Waals surface area contributed by atoms with Gasteiger partial charge in [-0.25, -0.2) is 4.39 Å². The largest absolute Gasteiger partial charge is 0.473 e. The van der Waals surface area contributed by atoms with Gasteiger partial charge in [0.25, 0.3) is 0 Å². The molecular formula is C15H11F2NO4. The van der Waals surface area contributed by atoms with Gasteiger partial charge >= 0.3 is 5.69 Å². The van der Waals surface area contributed by atoms with E-state index < -0.39 is 39.9 Å². The van der Waals surface area contributed by atoms with Crippen LogP contribution in [0.5, 0.6) is 5.75 Å². The molecule has 0 heterocycles. The Hall–Kier alpha value is -2.83. The molecule has 0 aromatic heterocycles. The Morgan fingerprint density at radius 3 is 2.41 bits per heavy atom. The number of ketones is 1. The standard InChI is InChI=1S/C15H11F2NO4/c1-9(14(19)10-5-3-2-4-6-10)22-15-12(18(20)21)8-7-11(16)13(15)17/h2-9H,1H3. The SMILES string of the molecule is CC(Oc1c([N+](=O)[O-])ccc(F)c1F)C(=O)c1ccccc1. The topological polar surface area (TPSA) is 69.4 Å². The van der Waals surface area contributed by atoms with Crippen LogP contribution >= 0.6 is 0 Å². The van der Waals surface area contributed by atoms with E-state index in [2.05, 4.69) is 0 Å². The number of carbonyl (C=O) groups is 1. The van der Waals surface area contributed by atoms with E-state index in [1.54, 1.807) is 18.2 Å². The van der Waals surface area contributed by atoms with Crippen LogP contribution in [-0.4, -0.2) is 16.8 Å². The summed E-state index contributed by atoms with van der Waals surface area (Å²) in [7, 11) is 0. The number of carbonyl (C=O) groups excluding carboxylic acids is 1. The molecule has 2 rings (SSSR count). The van der Waals surface area contributed by atoms with Gasteiger partial charge in [0, 0.05) is 11.6 Å². The molecule has 0 saturated heterocycles. The van der Waals surface area contributed by atoms with Gasteiger partial charge in [0.05, 0.1) is 4.92 Å². The van der Waals surface area contributed by atoms with Crippen molar-refractivity contribution in [2.24, 2.45) is 0 Å². The van der Waals surface area contributed by atoms with E-state index in [9.17, 15) is 23.7 Å². The second kappa shape index (κ2) is 6.30. The Morgan fingerprint density at radius 2 is 1.82 bits per heavy atom. The smallest absolute Gasteiger partial charge is 0.314 e. The van der Waals surface area contributed by atoms with Crippen molar-refractivity contribution in [1.82, 2.24) is 0 Å². The Kier molecular flexibility index (Phi) is 4.45. The zero-order valence-electron chi connectivity index (χ0n) is 11.5. The van der Waals surface area contributed by atoms with E-state index in [-0.39, 0.29) is 0 Å². The first-order valence-corrected chi connectivity index (χ1v) is 6.30. The number of hydrogen-bond acceptors (Lipinski definition) is 4. The molecule has 0 amide bonds. The molecule has 0 bridgehead atoms. The number of benzene rings is 2. The molecule has 2 aromatic carbocycles. The van der Waals surface area contributed by atoms with Crippen LogP contribution in [0.2, 0.25) is 0 Å². The summed E-state index contributed by atoms with van der Waals surface area (Å²) in [4.78, 5) is 22.1. The van der Waals surface area contributed by atoms with E-state index in [0.717, 1.165) is 6.07 Å². The fourth-order valence-corrected chi connectivity index (χ4v) is 1.85. The molecule has 0 saturated carbocycles. The van der Waals surface area contributed by atoms with Crippen LogP contribution in [0.1, 0.15) is 17.3 Å². The Labute approximate surface area is 124 Å². The number of hydrogen-bond donors (Lipinski definition) is 0. The van der Waals surface area contributed by atoms with Gasteiger partial charge < -0.3 is 4.74 Å². The van der Waals surface area contributed by atoms with E-state index in [1.165, 1.54) is 19.1 Å². The lowest BCUT2D eigenvalue weighted by Gasteiger charge is -2.14. The molecule has 0 aliphatic rings. The van der Waals surface area contributed by atoms with Crippen molar-refractivity contribution in [2.45, 2.75) is 13.0 Å². The summed E-state index contributed by atoms with van der Waals surface area (Å²) in [5, 5.41) is 10.9. The van der Waals surface area contributed by atoms with Crippen LogP contribution < -0.4 is 4.74 Å². The fourth-order valence-electron chi connectivity index (χ4n) is 1.85. The third-order valence-electron chi connectivity index (χ3n) is 2.95. The van der Waals surface area contributed by atoms with Crippen LogP contribution in [0, 0.1) is 21.7 Å². The van der Waals surface area contributed by atoms with Crippen molar-refractivity contribution in [1.29, 1.82) is 0 Å². The lowest BCUT2D eigenvalue weighted by atomic mass is 10.1. The van der Waals surface area contributed by atoms with Gasteiger partial charge in [0.2, 0.25) is 17.3 Å². The Balaban J connectivity index is 2.32. The normalized spacial score (nSPS) is 11.8. The average molecular weight is 307 g/mol. The van der Waals surface area contributed by atoms with E-state index in [1.807, 2.05) is 0 Å². The molecular weight excluding hydrogens is 296 g/mol.